The van der Waals surface area contributed by atoms with E-state index in [9.17, 15) is 14.3 Å². The highest BCUT2D eigenvalue weighted by atomic mass is 19.1. The summed E-state index contributed by atoms with van der Waals surface area (Å²) in [6.07, 6.45) is -0.212. The third-order valence-corrected chi connectivity index (χ3v) is 5.46. The van der Waals surface area contributed by atoms with Crippen molar-refractivity contribution in [1.29, 1.82) is 0 Å². The van der Waals surface area contributed by atoms with Crippen LogP contribution in [0.3, 0.4) is 0 Å². The zero-order valence-corrected chi connectivity index (χ0v) is 14.9. The smallest absolute Gasteiger partial charge is 0.407 e. The number of ether oxygens (including phenoxy) is 2. The van der Waals surface area contributed by atoms with Crippen molar-refractivity contribution >= 4 is 6.09 Å². The number of carboxylic acid groups (broad SMARTS) is 1. The molecule has 1 amide bonds. The summed E-state index contributed by atoms with van der Waals surface area (Å²) in [6, 6.07) is 12.4. The molecular formula is C21H22FNO4. The summed E-state index contributed by atoms with van der Waals surface area (Å²) in [4.78, 5) is 12.8. The first kappa shape index (κ1) is 17.8. The number of carbonyl (C=O) groups is 1. The first-order chi connectivity index (χ1) is 13.1. The van der Waals surface area contributed by atoms with Crippen molar-refractivity contribution in [1.82, 2.24) is 4.90 Å². The zero-order chi connectivity index (χ0) is 18.8. The molecule has 0 saturated carbocycles. The molecule has 0 bridgehead atoms. The molecule has 0 unspecified atom stereocenters. The van der Waals surface area contributed by atoms with Gasteiger partial charge in [-0.1, -0.05) is 18.2 Å². The van der Waals surface area contributed by atoms with E-state index in [1.165, 1.54) is 22.6 Å². The number of halogens is 1. The standard InChI is InChI=1S/C21H22FNO4/c22-18-4-1-14(2-5-18)20-7-8-23(21(24)25)10-17(20)13-27-19-6-3-15-11-26-12-16(15)9-19/h1-6,9,17,20H,7-8,10-13H2,(H,24,25)/t17-,20-/m0/s1. The van der Waals surface area contributed by atoms with Crippen molar-refractivity contribution < 1.29 is 23.8 Å². The average Bonchev–Trinajstić information content (AvgIpc) is 3.14. The fourth-order valence-electron chi connectivity index (χ4n) is 3.97. The maximum atomic E-state index is 13.3. The third-order valence-electron chi connectivity index (χ3n) is 5.46. The lowest BCUT2D eigenvalue weighted by atomic mass is 9.81. The van der Waals surface area contributed by atoms with Gasteiger partial charge >= 0.3 is 6.09 Å². The Balaban J connectivity index is 1.49. The van der Waals surface area contributed by atoms with Crippen molar-refractivity contribution in [3.8, 4) is 5.75 Å². The Kier molecular flexibility index (Phi) is 4.99. The van der Waals surface area contributed by atoms with Gasteiger partial charge in [0.25, 0.3) is 0 Å². The highest BCUT2D eigenvalue weighted by molar-refractivity contribution is 5.65. The molecule has 0 aromatic heterocycles. The Bertz CT molecular complexity index is 823. The summed E-state index contributed by atoms with van der Waals surface area (Å²) in [6.45, 7) is 2.53. The highest BCUT2D eigenvalue weighted by Crippen LogP contribution is 2.34. The summed E-state index contributed by atoms with van der Waals surface area (Å²) in [5, 5.41) is 9.36. The van der Waals surface area contributed by atoms with Crippen molar-refractivity contribution in [2.24, 2.45) is 5.92 Å². The predicted octanol–water partition coefficient (Wildman–Crippen LogP) is 4.02. The molecular weight excluding hydrogens is 349 g/mol. The van der Waals surface area contributed by atoms with Gasteiger partial charge in [0.15, 0.2) is 0 Å². The molecule has 4 rings (SSSR count). The summed E-state index contributed by atoms with van der Waals surface area (Å²) >= 11 is 0. The number of hydrogen-bond acceptors (Lipinski definition) is 3. The molecule has 0 aliphatic carbocycles. The van der Waals surface area contributed by atoms with Crippen LogP contribution in [0.1, 0.15) is 29.0 Å². The van der Waals surface area contributed by atoms with Crippen LogP contribution in [0.15, 0.2) is 42.5 Å². The number of likely N-dealkylation sites (tertiary alicyclic amines) is 1. The molecule has 6 heteroatoms. The zero-order valence-electron chi connectivity index (χ0n) is 14.9. The third kappa shape index (κ3) is 3.90. The summed E-state index contributed by atoms with van der Waals surface area (Å²) < 4.78 is 24.7. The van der Waals surface area contributed by atoms with Gasteiger partial charge in [-0.05, 0) is 53.3 Å². The molecule has 2 atom stereocenters. The van der Waals surface area contributed by atoms with E-state index in [0.717, 1.165) is 16.9 Å². The van der Waals surface area contributed by atoms with Gasteiger partial charge in [-0.2, -0.15) is 0 Å². The van der Waals surface area contributed by atoms with Gasteiger partial charge in [-0.15, -0.1) is 0 Å². The second-order valence-electron chi connectivity index (χ2n) is 7.17. The van der Waals surface area contributed by atoms with Gasteiger partial charge < -0.3 is 19.5 Å². The minimum Gasteiger partial charge on any atom is -0.493 e. The lowest BCUT2D eigenvalue weighted by Crippen LogP contribution is -2.44. The van der Waals surface area contributed by atoms with Crippen molar-refractivity contribution in [3.05, 3.63) is 65.0 Å². The summed E-state index contributed by atoms with van der Waals surface area (Å²) in [5.41, 5.74) is 3.34. The molecule has 5 nitrogen and oxygen atoms in total. The second-order valence-corrected chi connectivity index (χ2v) is 7.17. The Morgan fingerprint density at radius 3 is 2.74 bits per heavy atom. The van der Waals surface area contributed by atoms with Crippen LogP contribution in [0, 0.1) is 11.7 Å². The SMILES string of the molecule is O=C(O)N1CC[C@@H](c2ccc(F)cc2)[C@H](COc2ccc3c(c2)COC3)C1. The number of benzene rings is 2. The molecule has 1 saturated heterocycles. The molecule has 27 heavy (non-hydrogen) atoms. The number of nitrogens with zero attached hydrogens (tertiary/aromatic N) is 1. The number of rotatable bonds is 4. The van der Waals surface area contributed by atoms with Crippen LogP contribution in [0.5, 0.6) is 5.75 Å². The van der Waals surface area contributed by atoms with Crippen LogP contribution in [0.25, 0.3) is 0 Å². The maximum Gasteiger partial charge on any atom is 0.407 e. The molecule has 142 valence electrons. The number of piperidine rings is 1. The molecule has 1 N–H and O–H groups in total. The topological polar surface area (TPSA) is 59.0 Å². The highest BCUT2D eigenvalue weighted by Gasteiger charge is 2.33. The van der Waals surface area contributed by atoms with Gasteiger partial charge in [0.1, 0.15) is 11.6 Å². The number of fused-ring (bicyclic) bond motifs is 1. The fraction of sp³-hybridized carbons (Fsp3) is 0.381. The van der Waals surface area contributed by atoms with Crippen LogP contribution in [0.2, 0.25) is 0 Å². The van der Waals surface area contributed by atoms with Crippen LogP contribution in [-0.4, -0.2) is 35.8 Å². The average molecular weight is 371 g/mol. The largest absolute Gasteiger partial charge is 0.493 e. The van der Waals surface area contributed by atoms with Gasteiger partial charge in [0.05, 0.1) is 19.8 Å². The van der Waals surface area contributed by atoms with Gasteiger partial charge in [0.2, 0.25) is 0 Å². The number of amides is 1. The lowest BCUT2D eigenvalue weighted by Gasteiger charge is -2.37. The predicted molar refractivity (Wildman–Crippen MR) is 97.3 cm³/mol. The first-order valence-corrected chi connectivity index (χ1v) is 9.16. The normalized spacial score (nSPS) is 21.7. The van der Waals surface area contributed by atoms with Crippen molar-refractivity contribution in [3.63, 3.8) is 0 Å². The Morgan fingerprint density at radius 1 is 1.19 bits per heavy atom. The van der Waals surface area contributed by atoms with Crippen molar-refractivity contribution in [2.75, 3.05) is 19.7 Å². The van der Waals surface area contributed by atoms with E-state index < -0.39 is 6.09 Å². The maximum absolute atomic E-state index is 13.3. The van der Waals surface area contributed by atoms with E-state index in [2.05, 4.69) is 0 Å². The van der Waals surface area contributed by atoms with Crippen LogP contribution < -0.4 is 4.74 Å². The van der Waals surface area contributed by atoms with Gasteiger partial charge in [-0.25, -0.2) is 9.18 Å². The van der Waals surface area contributed by atoms with Crippen LogP contribution in [-0.2, 0) is 18.0 Å². The Hall–Kier alpha value is -2.60. The van der Waals surface area contributed by atoms with E-state index in [1.54, 1.807) is 12.1 Å². The Labute approximate surface area is 157 Å². The molecule has 2 heterocycles. The molecule has 1 fully saturated rings. The molecule has 0 spiro atoms. The minimum absolute atomic E-state index is 0.00446. The quantitative estimate of drug-likeness (QED) is 0.882. The van der Waals surface area contributed by atoms with Crippen LogP contribution >= 0.6 is 0 Å². The fourth-order valence-corrected chi connectivity index (χ4v) is 3.97. The summed E-state index contributed by atoms with van der Waals surface area (Å²) in [7, 11) is 0. The molecule has 2 aliphatic heterocycles. The first-order valence-electron chi connectivity index (χ1n) is 9.16. The molecule has 0 radical (unpaired) electrons. The minimum atomic E-state index is -0.910. The van der Waals surface area contributed by atoms with Gasteiger partial charge in [-0.3, -0.25) is 0 Å². The monoisotopic (exact) mass is 371 g/mol. The van der Waals surface area contributed by atoms with E-state index in [-0.39, 0.29) is 17.7 Å². The van der Waals surface area contributed by atoms with E-state index in [4.69, 9.17) is 9.47 Å². The van der Waals surface area contributed by atoms with E-state index in [0.29, 0.717) is 39.3 Å². The summed E-state index contributed by atoms with van der Waals surface area (Å²) in [5.74, 6) is 0.642. The van der Waals surface area contributed by atoms with Crippen molar-refractivity contribution in [2.45, 2.75) is 25.6 Å². The van der Waals surface area contributed by atoms with Gasteiger partial charge in [0, 0.05) is 19.0 Å². The molecule has 2 aromatic carbocycles. The Morgan fingerprint density at radius 2 is 1.96 bits per heavy atom. The number of hydrogen-bond donors (Lipinski definition) is 1. The lowest BCUT2D eigenvalue weighted by molar-refractivity contribution is 0.0937. The van der Waals surface area contributed by atoms with E-state index in [1.807, 2.05) is 18.2 Å². The molecule has 2 aliphatic rings. The van der Waals surface area contributed by atoms with Crippen LogP contribution in [0.4, 0.5) is 9.18 Å². The second kappa shape index (κ2) is 7.56. The molecule has 2 aromatic rings. The van der Waals surface area contributed by atoms with E-state index >= 15 is 0 Å².